The maximum absolute atomic E-state index is 2.20. The van der Waals surface area contributed by atoms with Crippen LogP contribution in [0, 0.1) is 5.92 Å². The van der Waals surface area contributed by atoms with Crippen molar-refractivity contribution in [3.63, 3.8) is 0 Å². The fourth-order valence-electron chi connectivity index (χ4n) is 1.56. The number of hydrogen-bond donors (Lipinski definition) is 0. The van der Waals surface area contributed by atoms with E-state index >= 15 is 0 Å². The second kappa shape index (κ2) is 8.58. The third-order valence-corrected chi connectivity index (χ3v) is 28.1. The van der Waals surface area contributed by atoms with Crippen LogP contribution in [0.1, 0.15) is 34.6 Å². The van der Waals surface area contributed by atoms with E-state index in [1.165, 1.54) is 65.9 Å². The Balaban J connectivity index is 0.000000318. The van der Waals surface area contributed by atoms with Crippen LogP contribution in [0.3, 0.4) is 0 Å². The van der Waals surface area contributed by atoms with Crippen LogP contribution < -0.4 is 0 Å². The Morgan fingerprint density at radius 2 is 0.750 bits per heavy atom. The first kappa shape index (κ1) is 17.5. The van der Waals surface area contributed by atoms with Crippen molar-refractivity contribution in [3.05, 3.63) is 28.2 Å². The van der Waals surface area contributed by atoms with Crippen molar-refractivity contribution in [2.24, 2.45) is 0 Å². The van der Waals surface area contributed by atoms with Gasteiger partial charge in [0.05, 0.1) is 0 Å². The van der Waals surface area contributed by atoms with Gasteiger partial charge in [-0.05, 0) is 38.8 Å². The summed E-state index contributed by atoms with van der Waals surface area (Å²) in [5.41, 5.74) is 5.87. The van der Waals surface area contributed by atoms with E-state index in [4.69, 9.17) is 0 Å². The van der Waals surface area contributed by atoms with Gasteiger partial charge in [-0.1, -0.05) is 55.8 Å². The summed E-state index contributed by atoms with van der Waals surface area (Å²) in [6, 6.07) is 0. The monoisotopic (exact) mass is 351 g/mol. The van der Waals surface area contributed by atoms with Crippen molar-refractivity contribution >= 4 is 37.7 Å². The molecule has 0 aliphatic heterocycles. The van der Waals surface area contributed by atoms with Crippen molar-refractivity contribution in [1.29, 1.82) is 0 Å². The summed E-state index contributed by atoms with van der Waals surface area (Å²) < 4.78 is 0. The van der Waals surface area contributed by atoms with E-state index in [1.807, 2.05) is 0 Å². The molecule has 0 aromatic carbocycles. The molecule has 1 aliphatic rings. The van der Waals surface area contributed by atoms with Crippen molar-refractivity contribution in [3.8, 4) is 0 Å². The van der Waals surface area contributed by atoms with Crippen LogP contribution in [0.25, 0.3) is 0 Å². The topological polar surface area (TPSA) is 0 Å². The Labute approximate surface area is 117 Å². The standard InChI is InChI=1S/C10H15.Fe.H5P5/c1-6-7(2)9(4)10(5)8(6)3;;1-2-4-5-3-1/h1-5H3;;1-5H. The molecule has 1 aromatic heterocycles. The van der Waals surface area contributed by atoms with Crippen LogP contribution in [-0.4, -0.2) is 0 Å². The van der Waals surface area contributed by atoms with E-state index in [-0.39, 0.29) is 17.1 Å². The van der Waals surface area contributed by atoms with Crippen LogP contribution >= 0.6 is 37.7 Å². The van der Waals surface area contributed by atoms with Crippen LogP contribution in [0.5, 0.6) is 0 Å². The summed E-state index contributed by atoms with van der Waals surface area (Å²) in [7, 11) is 6.94. The summed E-state index contributed by atoms with van der Waals surface area (Å²) in [5, 5.41) is 0. The third kappa shape index (κ3) is 4.64. The molecular weight excluding hydrogens is 331 g/mol. The normalized spacial score (nSPS) is 18.3. The summed E-state index contributed by atoms with van der Waals surface area (Å²) in [4.78, 5) is 0. The largest absolute Gasteiger partial charge is 0.0972 e. The van der Waals surface area contributed by atoms with E-state index in [0.29, 0.717) is 0 Å². The number of allylic oxidation sites excluding steroid dienone is 4. The molecule has 0 atom stereocenters. The molecule has 16 heavy (non-hydrogen) atoms. The van der Waals surface area contributed by atoms with Crippen LogP contribution in [0.2, 0.25) is 0 Å². The summed E-state index contributed by atoms with van der Waals surface area (Å²) in [6.45, 7) is 11.0. The van der Waals surface area contributed by atoms with Crippen LogP contribution in [0.4, 0.5) is 0 Å². The molecule has 0 fully saturated rings. The van der Waals surface area contributed by atoms with Crippen molar-refractivity contribution < 1.29 is 17.1 Å². The Morgan fingerprint density at radius 1 is 0.500 bits per heavy atom. The molecule has 0 N–H and O–H groups in total. The minimum Gasteiger partial charge on any atom is -0.0972 e. The van der Waals surface area contributed by atoms with Gasteiger partial charge in [0.2, 0.25) is 0 Å². The van der Waals surface area contributed by atoms with Gasteiger partial charge in [0, 0.05) is 23.0 Å². The SMILES string of the molecule is C[C]1C(C)=C(C)C(C)=C1C.[Fe].[pH]1[pH][pH][pH][pH]1. The molecule has 0 saturated carbocycles. The van der Waals surface area contributed by atoms with E-state index in [1.54, 1.807) is 0 Å². The predicted molar refractivity (Wildman–Crippen MR) is 87.2 cm³/mol. The van der Waals surface area contributed by atoms with Gasteiger partial charge in [-0.15, -0.1) is 0 Å². The molecule has 6 heteroatoms. The first-order chi connectivity index (χ1) is 7.05. The summed E-state index contributed by atoms with van der Waals surface area (Å²) in [6.07, 6.45) is 0. The van der Waals surface area contributed by atoms with Gasteiger partial charge in [-0.2, -0.15) is 0 Å². The molecule has 0 saturated heterocycles. The average molecular weight is 351 g/mol. The molecule has 1 heterocycles. The van der Waals surface area contributed by atoms with Gasteiger partial charge in [-0.25, -0.2) is 0 Å². The molecule has 1 aromatic rings. The first-order valence-electron chi connectivity index (χ1n) is 5.00. The Hall–Kier alpha value is 1.50. The molecule has 0 amide bonds. The van der Waals surface area contributed by atoms with E-state index in [9.17, 15) is 0 Å². The first-order valence-corrected chi connectivity index (χ1v) is 15.0. The quantitative estimate of drug-likeness (QED) is 0.486. The minimum atomic E-state index is 0. The molecule has 2 rings (SSSR count). The molecule has 1 radical (unpaired) electrons. The fraction of sp³-hybridized carbons (Fsp3) is 0.500. The third-order valence-electron chi connectivity index (χ3n) is 3.12. The number of hydrogen-bond acceptors (Lipinski definition) is 0. The number of rotatable bonds is 0. The van der Waals surface area contributed by atoms with Gasteiger partial charge < -0.3 is 0 Å². The van der Waals surface area contributed by atoms with Gasteiger partial charge >= 0.3 is 0 Å². The summed E-state index contributed by atoms with van der Waals surface area (Å²) >= 11 is 0. The van der Waals surface area contributed by atoms with Gasteiger partial charge in [0.25, 0.3) is 0 Å². The van der Waals surface area contributed by atoms with Crippen molar-refractivity contribution in [2.45, 2.75) is 34.6 Å². The smallest absolute Gasteiger partial charge is 0.0226 e. The molecule has 0 nitrogen and oxygen atoms in total. The average Bonchev–Trinajstić information content (AvgIpc) is 2.86. The van der Waals surface area contributed by atoms with E-state index in [2.05, 4.69) is 34.6 Å². The van der Waals surface area contributed by atoms with Crippen LogP contribution in [-0.2, 0) is 17.1 Å². The second-order valence-electron chi connectivity index (χ2n) is 3.75. The van der Waals surface area contributed by atoms with Gasteiger partial charge in [0.15, 0.2) is 0 Å². The van der Waals surface area contributed by atoms with E-state index in [0.717, 1.165) is 0 Å². The van der Waals surface area contributed by atoms with Crippen LogP contribution in [0.15, 0.2) is 22.3 Å². The second-order valence-corrected chi connectivity index (χ2v) is 20.0. The Morgan fingerprint density at radius 3 is 0.875 bits per heavy atom. The Kier molecular flexibility index (Phi) is 9.38. The fourth-order valence-corrected chi connectivity index (χ4v) is 39.4. The predicted octanol–water partition coefficient (Wildman–Crippen LogP) is 6.23. The zero-order valence-corrected chi connectivity index (χ0v) is 16.5. The molecule has 0 bridgehead atoms. The molecule has 1 aliphatic carbocycles. The Bertz CT molecular complexity index is 339. The molecule has 0 spiro atoms. The van der Waals surface area contributed by atoms with Gasteiger partial charge in [0.1, 0.15) is 0 Å². The maximum Gasteiger partial charge on any atom is 0.0226 e. The van der Waals surface area contributed by atoms with Crippen molar-refractivity contribution in [2.75, 3.05) is 0 Å². The maximum atomic E-state index is 2.20. The van der Waals surface area contributed by atoms with E-state index < -0.39 is 0 Å². The molecule has 93 valence electrons. The zero-order chi connectivity index (χ0) is 11.4. The molecular formula is C10H20FeP5. The van der Waals surface area contributed by atoms with Crippen molar-refractivity contribution in [1.82, 2.24) is 0 Å². The minimum absolute atomic E-state index is 0. The molecule has 0 unspecified atom stereocenters. The van der Waals surface area contributed by atoms with Gasteiger partial charge in [-0.3, -0.25) is 0 Å². The zero-order valence-electron chi connectivity index (χ0n) is 10.4. The summed E-state index contributed by atoms with van der Waals surface area (Å²) in [5.74, 6) is 1.47.